The highest BCUT2D eigenvalue weighted by molar-refractivity contribution is 6.28. The average Bonchev–Trinajstić information content (AvgIpc) is 2.37. The van der Waals surface area contributed by atoms with Crippen molar-refractivity contribution in [2.45, 2.75) is 19.8 Å². The van der Waals surface area contributed by atoms with Crippen molar-refractivity contribution in [1.29, 1.82) is 0 Å². The molecule has 3 rings (SSSR count). The monoisotopic (exact) mass is 261 g/mol. The van der Waals surface area contributed by atoms with E-state index >= 15 is 0 Å². The molecule has 0 bridgehead atoms. The summed E-state index contributed by atoms with van der Waals surface area (Å²) in [5.74, 6) is 1.70. The summed E-state index contributed by atoms with van der Waals surface area (Å²) in [5, 5.41) is 1.43. The van der Waals surface area contributed by atoms with Gasteiger partial charge in [0.2, 0.25) is 5.28 Å². The minimum Gasteiger partial charge on any atom is -0.356 e. The minimum absolute atomic E-state index is 0.335. The maximum atomic E-state index is 6.03. The van der Waals surface area contributed by atoms with Crippen molar-refractivity contribution in [3.63, 3.8) is 0 Å². The second kappa shape index (κ2) is 4.73. The summed E-state index contributed by atoms with van der Waals surface area (Å²) in [6.45, 7) is 4.40. The van der Waals surface area contributed by atoms with Crippen LogP contribution in [0.25, 0.3) is 10.9 Å². The lowest BCUT2D eigenvalue weighted by molar-refractivity contribution is 0.445. The molecule has 2 aromatic rings. The van der Waals surface area contributed by atoms with Crippen molar-refractivity contribution < 1.29 is 0 Å². The number of para-hydroxylation sites is 1. The van der Waals surface area contributed by atoms with Crippen LogP contribution in [-0.2, 0) is 0 Å². The fourth-order valence-corrected chi connectivity index (χ4v) is 2.83. The number of aromatic nitrogens is 2. The summed E-state index contributed by atoms with van der Waals surface area (Å²) in [4.78, 5) is 11.1. The molecule has 3 nitrogen and oxygen atoms in total. The van der Waals surface area contributed by atoms with Gasteiger partial charge in [-0.1, -0.05) is 19.1 Å². The van der Waals surface area contributed by atoms with E-state index in [2.05, 4.69) is 27.9 Å². The lowest BCUT2D eigenvalue weighted by atomic mass is 10.00. The molecule has 0 radical (unpaired) electrons. The average molecular weight is 262 g/mol. The van der Waals surface area contributed by atoms with Gasteiger partial charge in [0.05, 0.1) is 5.52 Å². The van der Waals surface area contributed by atoms with Crippen molar-refractivity contribution in [1.82, 2.24) is 9.97 Å². The van der Waals surface area contributed by atoms with Crippen LogP contribution < -0.4 is 4.90 Å². The molecular formula is C14H16ClN3. The van der Waals surface area contributed by atoms with E-state index in [-0.39, 0.29) is 0 Å². The number of nitrogens with zero attached hydrogens (tertiary/aromatic N) is 3. The molecule has 2 heterocycles. The van der Waals surface area contributed by atoms with E-state index in [4.69, 9.17) is 11.6 Å². The van der Waals surface area contributed by atoms with Gasteiger partial charge in [-0.05, 0) is 42.5 Å². The van der Waals surface area contributed by atoms with Gasteiger partial charge in [0.1, 0.15) is 5.82 Å². The first kappa shape index (κ1) is 11.7. The zero-order chi connectivity index (χ0) is 12.5. The van der Waals surface area contributed by atoms with Gasteiger partial charge in [-0.2, -0.15) is 4.98 Å². The van der Waals surface area contributed by atoms with E-state index in [9.17, 15) is 0 Å². The molecule has 0 saturated carbocycles. The highest BCUT2D eigenvalue weighted by Crippen LogP contribution is 2.28. The number of rotatable bonds is 1. The fraction of sp³-hybridized carbons (Fsp3) is 0.429. The summed E-state index contributed by atoms with van der Waals surface area (Å²) in [7, 11) is 0. The van der Waals surface area contributed by atoms with Crippen molar-refractivity contribution in [2.75, 3.05) is 18.0 Å². The van der Waals surface area contributed by atoms with E-state index in [1.165, 1.54) is 12.8 Å². The van der Waals surface area contributed by atoms with Gasteiger partial charge in [-0.15, -0.1) is 0 Å². The van der Waals surface area contributed by atoms with Gasteiger partial charge in [-0.25, -0.2) is 4.98 Å². The van der Waals surface area contributed by atoms with E-state index in [0.29, 0.717) is 11.2 Å². The second-order valence-electron chi connectivity index (χ2n) is 5.03. The molecule has 1 aromatic carbocycles. The predicted octanol–water partition coefficient (Wildman–Crippen LogP) is 3.52. The quantitative estimate of drug-likeness (QED) is 0.736. The number of benzene rings is 1. The molecule has 0 unspecified atom stereocenters. The molecular weight excluding hydrogens is 246 g/mol. The highest BCUT2D eigenvalue weighted by atomic mass is 35.5. The Labute approximate surface area is 112 Å². The molecule has 1 aliphatic rings. The van der Waals surface area contributed by atoms with Gasteiger partial charge < -0.3 is 4.90 Å². The van der Waals surface area contributed by atoms with E-state index in [1.54, 1.807) is 0 Å². The number of hydrogen-bond acceptors (Lipinski definition) is 3. The first-order chi connectivity index (χ1) is 8.74. The smallest absolute Gasteiger partial charge is 0.224 e. The first-order valence-electron chi connectivity index (χ1n) is 6.41. The number of anilines is 1. The molecule has 1 atom stereocenters. The van der Waals surface area contributed by atoms with Crippen LogP contribution in [0.1, 0.15) is 19.8 Å². The third-order valence-electron chi connectivity index (χ3n) is 3.51. The number of piperidine rings is 1. The Hall–Kier alpha value is -1.35. The Morgan fingerprint density at radius 3 is 2.94 bits per heavy atom. The molecule has 0 N–H and O–H groups in total. The zero-order valence-electron chi connectivity index (χ0n) is 10.4. The molecule has 0 amide bonds. The zero-order valence-corrected chi connectivity index (χ0v) is 11.2. The lowest BCUT2D eigenvalue weighted by Crippen LogP contribution is -2.35. The largest absolute Gasteiger partial charge is 0.356 e. The third-order valence-corrected chi connectivity index (χ3v) is 3.68. The van der Waals surface area contributed by atoms with Crippen LogP contribution in [-0.4, -0.2) is 23.1 Å². The fourth-order valence-electron chi connectivity index (χ4n) is 2.66. The van der Waals surface area contributed by atoms with Crippen molar-refractivity contribution in [3.05, 3.63) is 29.5 Å². The minimum atomic E-state index is 0.335. The molecule has 4 heteroatoms. The van der Waals surface area contributed by atoms with Gasteiger partial charge >= 0.3 is 0 Å². The lowest BCUT2D eigenvalue weighted by Gasteiger charge is -2.32. The molecule has 0 aliphatic carbocycles. The highest BCUT2D eigenvalue weighted by Gasteiger charge is 2.20. The van der Waals surface area contributed by atoms with Gasteiger partial charge in [-0.3, -0.25) is 0 Å². The number of halogens is 1. The predicted molar refractivity (Wildman–Crippen MR) is 75.2 cm³/mol. The number of fused-ring (bicyclic) bond motifs is 1. The van der Waals surface area contributed by atoms with Crippen LogP contribution in [0.2, 0.25) is 5.28 Å². The van der Waals surface area contributed by atoms with Crippen LogP contribution >= 0.6 is 11.6 Å². The first-order valence-corrected chi connectivity index (χ1v) is 6.79. The Kier molecular flexibility index (Phi) is 3.08. The molecule has 0 spiro atoms. The van der Waals surface area contributed by atoms with Crippen LogP contribution in [0.15, 0.2) is 24.3 Å². The Balaban J connectivity index is 2.09. The Morgan fingerprint density at radius 1 is 1.28 bits per heavy atom. The number of hydrogen-bond donors (Lipinski definition) is 0. The van der Waals surface area contributed by atoms with Crippen LogP contribution in [0, 0.1) is 5.92 Å². The molecule has 1 aliphatic heterocycles. The Morgan fingerprint density at radius 2 is 2.11 bits per heavy atom. The standard InChI is InChI=1S/C14H16ClN3/c1-10-5-4-8-18(9-10)13-11-6-2-3-7-12(11)16-14(15)17-13/h2-3,6-7,10H,4-5,8-9H2,1H3/t10-/m1/s1. The summed E-state index contributed by atoms with van der Waals surface area (Å²) in [6.07, 6.45) is 2.52. The maximum absolute atomic E-state index is 6.03. The van der Waals surface area contributed by atoms with E-state index in [0.717, 1.165) is 29.8 Å². The van der Waals surface area contributed by atoms with Crippen molar-refractivity contribution >= 4 is 28.3 Å². The molecule has 1 aromatic heterocycles. The molecule has 1 saturated heterocycles. The SMILES string of the molecule is C[C@@H]1CCCN(c2nc(Cl)nc3ccccc23)C1. The van der Waals surface area contributed by atoms with Gasteiger partial charge in [0, 0.05) is 18.5 Å². The molecule has 1 fully saturated rings. The molecule has 94 valence electrons. The van der Waals surface area contributed by atoms with Gasteiger partial charge in [0.15, 0.2) is 0 Å². The Bertz CT molecular complexity index is 570. The topological polar surface area (TPSA) is 29.0 Å². The van der Waals surface area contributed by atoms with Crippen LogP contribution in [0.5, 0.6) is 0 Å². The summed E-state index contributed by atoms with van der Waals surface area (Å²) >= 11 is 6.03. The van der Waals surface area contributed by atoms with Crippen LogP contribution in [0.4, 0.5) is 5.82 Å². The molecule has 18 heavy (non-hydrogen) atoms. The van der Waals surface area contributed by atoms with E-state index < -0.39 is 0 Å². The van der Waals surface area contributed by atoms with Crippen molar-refractivity contribution in [2.24, 2.45) is 5.92 Å². The van der Waals surface area contributed by atoms with Gasteiger partial charge in [0.25, 0.3) is 0 Å². The normalized spacial score (nSPS) is 20.3. The summed E-state index contributed by atoms with van der Waals surface area (Å²) < 4.78 is 0. The van der Waals surface area contributed by atoms with Crippen LogP contribution in [0.3, 0.4) is 0 Å². The van der Waals surface area contributed by atoms with Crippen molar-refractivity contribution in [3.8, 4) is 0 Å². The summed E-state index contributed by atoms with van der Waals surface area (Å²) in [6, 6.07) is 8.06. The third kappa shape index (κ3) is 2.15. The second-order valence-corrected chi connectivity index (χ2v) is 5.36. The van der Waals surface area contributed by atoms with E-state index in [1.807, 2.05) is 18.2 Å². The summed E-state index contributed by atoms with van der Waals surface area (Å²) in [5.41, 5.74) is 0.922. The maximum Gasteiger partial charge on any atom is 0.224 e.